The number of ether oxygens (including phenoxy) is 1. The summed E-state index contributed by atoms with van der Waals surface area (Å²) in [4.78, 5) is 11.2. The second kappa shape index (κ2) is 3.94. The molecule has 3 saturated carbocycles. The van der Waals surface area contributed by atoms with E-state index in [0.717, 1.165) is 17.8 Å². The van der Waals surface area contributed by atoms with Crippen molar-refractivity contribution in [1.29, 1.82) is 0 Å². The van der Waals surface area contributed by atoms with Crippen molar-refractivity contribution in [3.8, 4) is 0 Å². The van der Waals surface area contributed by atoms with Gasteiger partial charge in [0.2, 0.25) is 0 Å². The van der Waals surface area contributed by atoms with Crippen LogP contribution in [0.4, 0.5) is 0 Å². The summed E-state index contributed by atoms with van der Waals surface area (Å²) in [6.07, 6.45) is 8.19. The lowest BCUT2D eigenvalue weighted by Crippen LogP contribution is -2.33. The Morgan fingerprint density at radius 1 is 1.38 bits per heavy atom. The van der Waals surface area contributed by atoms with Crippen molar-refractivity contribution >= 4 is 18.6 Å². The van der Waals surface area contributed by atoms with Crippen LogP contribution in [-0.4, -0.2) is 18.3 Å². The second-order valence-corrected chi connectivity index (χ2v) is 6.20. The zero-order valence-corrected chi connectivity index (χ0v) is 10.5. The molecule has 3 heteroatoms. The Kier molecular flexibility index (Phi) is 2.69. The fourth-order valence-electron chi connectivity index (χ4n) is 4.72. The third-order valence-electron chi connectivity index (χ3n) is 5.29. The van der Waals surface area contributed by atoms with Gasteiger partial charge in [-0.2, -0.15) is 12.6 Å². The fourth-order valence-corrected chi connectivity index (χ4v) is 4.81. The van der Waals surface area contributed by atoms with Crippen LogP contribution in [0, 0.1) is 23.2 Å². The van der Waals surface area contributed by atoms with Gasteiger partial charge in [0.15, 0.2) is 0 Å². The third kappa shape index (κ3) is 1.51. The molecule has 0 amide bonds. The van der Waals surface area contributed by atoms with E-state index in [1.54, 1.807) is 0 Å². The van der Waals surface area contributed by atoms with Crippen molar-refractivity contribution in [2.45, 2.75) is 38.5 Å². The number of hydrogen-bond donors (Lipinski definition) is 1. The van der Waals surface area contributed by atoms with Crippen molar-refractivity contribution in [3.05, 3.63) is 0 Å². The van der Waals surface area contributed by atoms with Gasteiger partial charge in [-0.1, -0.05) is 6.42 Å². The molecule has 0 heterocycles. The van der Waals surface area contributed by atoms with Crippen LogP contribution in [0.25, 0.3) is 0 Å². The summed E-state index contributed by atoms with van der Waals surface area (Å²) in [6, 6.07) is 0. The van der Waals surface area contributed by atoms with Crippen molar-refractivity contribution in [2.75, 3.05) is 12.4 Å². The predicted molar refractivity (Wildman–Crippen MR) is 65.4 cm³/mol. The van der Waals surface area contributed by atoms with Gasteiger partial charge in [-0.05, 0) is 49.9 Å². The van der Waals surface area contributed by atoms with Crippen LogP contribution in [0.2, 0.25) is 0 Å². The van der Waals surface area contributed by atoms with Gasteiger partial charge in [0.25, 0.3) is 0 Å². The van der Waals surface area contributed by atoms with Gasteiger partial charge in [-0.25, -0.2) is 0 Å². The maximum absolute atomic E-state index is 11.2. The number of esters is 1. The van der Waals surface area contributed by atoms with Crippen LogP contribution < -0.4 is 0 Å². The normalized spacial score (nSPS) is 44.7. The zero-order chi connectivity index (χ0) is 11.2. The quantitative estimate of drug-likeness (QED) is 0.606. The fraction of sp³-hybridized carbons (Fsp3) is 0.923. The lowest BCUT2D eigenvalue weighted by molar-refractivity contribution is -0.145. The van der Waals surface area contributed by atoms with E-state index in [0.29, 0.717) is 12.0 Å². The smallest absolute Gasteiger partial charge is 0.315 e. The van der Waals surface area contributed by atoms with E-state index in [9.17, 15) is 4.79 Å². The molecular weight excluding hydrogens is 220 g/mol. The molecule has 0 aromatic carbocycles. The number of carbonyl (C=O) groups is 1. The highest BCUT2D eigenvalue weighted by molar-refractivity contribution is 7.81. The van der Waals surface area contributed by atoms with Gasteiger partial charge in [0.05, 0.1) is 12.4 Å². The molecule has 90 valence electrons. The van der Waals surface area contributed by atoms with Crippen LogP contribution in [0.1, 0.15) is 38.5 Å². The summed E-state index contributed by atoms with van der Waals surface area (Å²) in [5.74, 6) is 2.83. The Hall–Kier alpha value is -0.180. The van der Waals surface area contributed by atoms with E-state index in [-0.39, 0.29) is 11.7 Å². The maximum Gasteiger partial charge on any atom is 0.315 e. The minimum absolute atomic E-state index is 0.150. The molecule has 2 bridgehead atoms. The summed E-state index contributed by atoms with van der Waals surface area (Å²) in [7, 11) is 0. The van der Waals surface area contributed by atoms with Crippen molar-refractivity contribution in [2.24, 2.45) is 23.2 Å². The maximum atomic E-state index is 11.2. The SMILES string of the molecule is O=C(CS)OCC12CCC(C1)C1CCCC12. The molecule has 2 nitrogen and oxygen atoms in total. The number of rotatable bonds is 3. The first-order valence-electron chi connectivity index (χ1n) is 6.52. The van der Waals surface area contributed by atoms with Crippen LogP contribution in [-0.2, 0) is 9.53 Å². The Morgan fingerprint density at radius 3 is 3.06 bits per heavy atom. The molecule has 3 fully saturated rings. The molecule has 4 unspecified atom stereocenters. The number of thiol groups is 1. The van der Waals surface area contributed by atoms with E-state index < -0.39 is 0 Å². The molecule has 16 heavy (non-hydrogen) atoms. The first kappa shape index (κ1) is 10.9. The lowest BCUT2D eigenvalue weighted by Gasteiger charge is -2.35. The average Bonchev–Trinajstić information content (AvgIpc) is 2.97. The molecule has 0 aromatic heterocycles. The van der Waals surface area contributed by atoms with Gasteiger partial charge in [0.1, 0.15) is 0 Å². The predicted octanol–water partition coefficient (Wildman–Crippen LogP) is 2.68. The summed E-state index contributed by atoms with van der Waals surface area (Å²) in [5.41, 5.74) is 0.366. The highest BCUT2D eigenvalue weighted by Crippen LogP contribution is 2.65. The molecule has 0 aliphatic heterocycles. The summed E-state index contributed by atoms with van der Waals surface area (Å²) >= 11 is 3.96. The van der Waals surface area contributed by atoms with Crippen molar-refractivity contribution < 1.29 is 9.53 Å². The number of carbonyl (C=O) groups excluding carboxylic acids is 1. The Bertz CT molecular complexity index is 304. The molecule has 3 aliphatic carbocycles. The first-order valence-corrected chi connectivity index (χ1v) is 7.15. The molecule has 0 aromatic rings. The van der Waals surface area contributed by atoms with E-state index in [4.69, 9.17) is 4.74 Å². The van der Waals surface area contributed by atoms with Gasteiger partial charge in [0, 0.05) is 5.41 Å². The summed E-state index contributed by atoms with van der Waals surface area (Å²) < 4.78 is 5.39. The van der Waals surface area contributed by atoms with Gasteiger partial charge < -0.3 is 4.74 Å². The lowest BCUT2D eigenvalue weighted by atomic mass is 9.72. The standard InChI is InChI=1S/C13H20O2S/c14-12(7-16)15-8-13-5-4-9(6-13)10-2-1-3-11(10)13/h9-11,16H,1-8H2. The number of fused-ring (bicyclic) bond motifs is 5. The highest BCUT2D eigenvalue weighted by atomic mass is 32.1. The zero-order valence-electron chi connectivity index (χ0n) is 9.65. The van der Waals surface area contributed by atoms with E-state index >= 15 is 0 Å². The minimum Gasteiger partial charge on any atom is -0.464 e. The van der Waals surface area contributed by atoms with Crippen LogP contribution >= 0.6 is 12.6 Å². The van der Waals surface area contributed by atoms with E-state index in [1.165, 1.54) is 38.5 Å². The third-order valence-corrected chi connectivity index (χ3v) is 5.55. The Balaban J connectivity index is 1.70. The molecule has 3 aliphatic rings. The number of hydrogen-bond acceptors (Lipinski definition) is 3. The van der Waals surface area contributed by atoms with E-state index in [1.807, 2.05) is 0 Å². The largest absolute Gasteiger partial charge is 0.464 e. The molecule has 0 spiro atoms. The molecule has 4 atom stereocenters. The monoisotopic (exact) mass is 240 g/mol. The van der Waals surface area contributed by atoms with Crippen LogP contribution in [0.15, 0.2) is 0 Å². The van der Waals surface area contributed by atoms with Gasteiger partial charge in [-0.15, -0.1) is 0 Å². The van der Waals surface area contributed by atoms with E-state index in [2.05, 4.69) is 12.6 Å². The Labute approximate surface area is 103 Å². The topological polar surface area (TPSA) is 26.3 Å². The van der Waals surface area contributed by atoms with Crippen LogP contribution in [0.3, 0.4) is 0 Å². The molecule has 0 radical (unpaired) electrons. The molecule has 3 rings (SSSR count). The molecular formula is C13H20O2S. The molecule has 0 saturated heterocycles. The summed E-state index contributed by atoms with van der Waals surface area (Å²) in [6.45, 7) is 0.671. The second-order valence-electron chi connectivity index (χ2n) is 5.89. The summed E-state index contributed by atoms with van der Waals surface area (Å²) in [5, 5.41) is 0. The highest BCUT2D eigenvalue weighted by Gasteiger charge is 2.59. The molecule has 0 N–H and O–H groups in total. The Morgan fingerprint density at radius 2 is 2.25 bits per heavy atom. The average molecular weight is 240 g/mol. The van der Waals surface area contributed by atoms with Crippen LogP contribution in [0.5, 0.6) is 0 Å². The van der Waals surface area contributed by atoms with Crippen molar-refractivity contribution in [1.82, 2.24) is 0 Å². The minimum atomic E-state index is -0.150. The van der Waals surface area contributed by atoms with Crippen molar-refractivity contribution in [3.63, 3.8) is 0 Å². The first-order chi connectivity index (χ1) is 7.75. The van der Waals surface area contributed by atoms with Gasteiger partial charge in [-0.3, -0.25) is 4.79 Å². The van der Waals surface area contributed by atoms with Gasteiger partial charge >= 0.3 is 5.97 Å².